The third-order valence-electron chi connectivity index (χ3n) is 6.10. The van der Waals surface area contributed by atoms with Crippen LogP contribution >= 0.6 is 0 Å². The van der Waals surface area contributed by atoms with Gasteiger partial charge in [0.25, 0.3) is 0 Å². The van der Waals surface area contributed by atoms with Gasteiger partial charge in [0.1, 0.15) is 0 Å². The maximum atomic E-state index is 12.1. The molecule has 3 aromatic rings. The molecule has 1 aliphatic rings. The van der Waals surface area contributed by atoms with Crippen LogP contribution in [0.2, 0.25) is 0 Å². The fourth-order valence-corrected chi connectivity index (χ4v) is 4.65. The van der Waals surface area contributed by atoms with Gasteiger partial charge in [-0.2, -0.15) is 0 Å². The van der Waals surface area contributed by atoms with Crippen LogP contribution in [0, 0.1) is 12.0 Å². The van der Waals surface area contributed by atoms with Crippen LogP contribution < -0.4 is 5.73 Å². The van der Waals surface area contributed by atoms with Crippen LogP contribution in [0.3, 0.4) is 0 Å². The summed E-state index contributed by atoms with van der Waals surface area (Å²) in [6, 6.07) is 13.8. The van der Waals surface area contributed by atoms with Gasteiger partial charge in [0.2, 0.25) is 5.91 Å². The third kappa shape index (κ3) is 3.47. The van der Waals surface area contributed by atoms with Gasteiger partial charge in [-0.3, -0.25) is 4.79 Å². The number of aryl methyl sites for hydroxylation is 1. The van der Waals surface area contributed by atoms with Crippen LogP contribution in [0.4, 0.5) is 0 Å². The molecule has 1 radical (unpaired) electrons. The van der Waals surface area contributed by atoms with Crippen molar-refractivity contribution in [3.05, 3.63) is 47.5 Å². The second kappa shape index (κ2) is 7.75. The summed E-state index contributed by atoms with van der Waals surface area (Å²) < 4.78 is 2.43. The maximum absolute atomic E-state index is 12.1. The molecule has 0 aliphatic heterocycles. The first-order chi connectivity index (χ1) is 13.2. The second-order valence-electron chi connectivity index (χ2n) is 8.05. The number of unbranched alkanes of at least 4 members (excludes halogenated alkanes) is 1. The largest absolute Gasteiger partial charge is 0.366 e. The Labute approximate surface area is 161 Å². The van der Waals surface area contributed by atoms with Crippen molar-refractivity contribution < 1.29 is 4.79 Å². The van der Waals surface area contributed by atoms with Crippen molar-refractivity contribution in [2.75, 3.05) is 0 Å². The van der Waals surface area contributed by atoms with Crippen LogP contribution in [0.15, 0.2) is 30.3 Å². The molecule has 1 heterocycles. The van der Waals surface area contributed by atoms with E-state index in [1.165, 1.54) is 56.0 Å². The van der Waals surface area contributed by atoms with Gasteiger partial charge in [-0.05, 0) is 61.4 Å². The number of hydrogen-bond acceptors (Lipinski definition) is 1. The number of carbonyl (C=O) groups excluding carboxylic acids is 1. The van der Waals surface area contributed by atoms with Gasteiger partial charge < -0.3 is 10.3 Å². The zero-order chi connectivity index (χ0) is 18.8. The topological polar surface area (TPSA) is 48.0 Å². The summed E-state index contributed by atoms with van der Waals surface area (Å²) in [5.41, 5.74) is 9.97. The second-order valence-corrected chi connectivity index (χ2v) is 8.05. The minimum atomic E-state index is -0.360. The minimum Gasteiger partial charge on any atom is -0.366 e. The lowest BCUT2D eigenvalue weighted by molar-refractivity contribution is 0.100. The Hall–Kier alpha value is -2.29. The molecule has 0 spiro atoms. The molecule has 0 unspecified atom stereocenters. The fraction of sp³-hybridized carbons (Fsp3) is 0.458. The van der Waals surface area contributed by atoms with Gasteiger partial charge in [-0.1, -0.05) is 44.7 Å². The zero-order valence-electron chi connectivity index (χ0n) is 16.3. The van der Waals surface area contributed by atoms with Crippen molar-refractivity contribution in [2.45, 2.75) is 64.8 Å². The first-order valence-corrected chi connectivity index (χ1v) is 10.4. The molecule has 0 saturated heterocycles. The summed E-state index contributed by atoms with van der Waals surface area (Å²) >= 11 is 0. The summed E-state index contributed by atoms with van der Waals surface area (Å²) in [7, 11) is 0. The van der Waals surface area contributed by atoms with E-state index in [0.29, 0.717) is 11.5 Å². The van der Waals surface area contributed by atoms with E-state index >= 15 is 0 Å². The molecule has 1 amide bonds. The standard InChI is InChI=1S/C24H29N2O/c1-2-3-8-17-13-14-19-22(15-17)26(16-18-9-5-4-6-10-18)21-12-7-11-20(23(19)21)24(25)27/h7,11-13,15,18H,2-6,8-10,16H2,1H3,(H2,25,27). The highest BCUT2D eigenvalue weighted by Gasteiger charge is 2.20. The van der Waals surface area contributed by atoms with Crippen LogP contribution in [0.1, 0.15) is 67.8 Å². The number of benzene rings is 2. The third-order valence-corrected chi connectivity index (χ3v) is 6.10. The van der Waals surface area contributed by atoms with E-state index in [0.717, 1.165) is 29.3 Å². The van der Waals surface area contributed by atoms with Gasteiger partial charge in [0.15, 0.2) is 0 Å². The Morgan fingerprint density at radius 3 is 2.78 bits per heavy atom. The molecule has 0 bridgehead atoms. The van der Waals surface area contributed by atoms with Crippen LogP contribution in [0.5, 0.6) is 0 Å². The van der Waals surface area contributed by atoms with E-state index < -0.39 is 0 Å². The van der Waals surface area contributed by atoms with Crippen molar-refractivity contribution in [1.82, 2.24) is 4.57 Å². The predicted octanol–water partition coefficient (Wildman–Crippen LogP) is 5.62. The molecule has 4 rings (SSSR count). The Bertz CT molecular complexity index is 963. The van der Waals surface area contributed by atoms with Crippen molar-refractivity contribution in [2.24, 2.45) is 11.7 Å². The Morgan fingerprint density at radius 1 is 1.22 bits per heavy atom. The molecule has 3 nitrogen and oxygen atoms in total. The lowest BCUT2D eigenvalue weighted by atomic mass is 9.89. The van der Waals surface area contributed by atoms with E-state index in [1.54, 1.807) is 0 Å². The van der Waals surface area contributed by atoms with Crippen LogP contribution in [0.25, 0.3) is 21.8 Å². The molecule has 141 valence electrons. The molecule has 0 atom stereocenters. The normalized spacial score (nSPS) is 15.6. The van der Waals surface area contributed by atoms with E-state index in [4.69, 9.17) is 5.73 Å². The van der Waals surface area contributed by atoms with Crippen molar-refractivity contribution in [3.63, 3.8) is 0 Å². The van der Waals surface area contributed by atoms with Gasteiger partial charge in [0.05, 0.1) is 5.52 Å². The molecular formula is C24H29N2O. The van der Waals surface area contributed by atoms with Crippen molar-refractivity contribution in [3.8, 4) is 0 Å². The SMILES string of the molecule is CCCCc1c[c]c2c3c(C(N)=O)cccc3n(CC3CCCCC3)c2c1. The lowest BCUT2D eigenvalue weighted by Gasteiger charge is -2.23. The minimum absolute atomic E-state index is 0.360. The Balaban J connectivity index is 1.89. The summed E-state index contributed by atoms with van der Waals surface area (Å²) in [5.74, 6) is 0.356. The molecule has 1 saturated carbocycles. The number of nitrogens with two attached hydrogens (primary N) is 1. The van der Waals surface area contributed by atoms with Crippen molar-refractivity contribution >= 4 is 27.7 Å². The lowest BCUT2D eigenvalue weighted by Crippen LogP contribution is -2.14. The molecular weight excluding hydrogens is 332 g/mol. The number of primary amides is 1. The summed E-state index contributed by atoms with van der Waals surface area (Å²) in [4.78, 5) is 12.1. The average molecular weight is 362 g/mol. The van der Waals surface area contributed by atoms with Crippen molar-refractivity contribution in [1.29, 1.82) is 0 Å². The number of rotatable bonds is 6. The van der Waals surface area contributed by atoms with Gasteiger partial charge >= 0.3 is 0 Å². The Morgan fingerprint density at radius 2 is 2.04 bits per heavy atom. The number of carbonyl (C=O) groups is 1. The monoisotopic (exact) mass is 361 g/mol. The first kappa shape index (κ1) is 18.1. The van der Waals surface area contributed by atoms with Gasteiger partial charge in [-0.25, -0.2) is 0 Å². The molecule has 1 aliphatic carbocycles. The highest BCUT2D eigenvalue weighted by atomic mass is 16.1. The summed E-state index contributed by atoms with van der Waals surface area (Å²) in [5, 5.41) is 2.01. The highest BCUT2D eigenvalue weighted by molar-refractivity contribution is 6.17. The highest BCUT2D eigenvalue weighted by Crippen LogP contribution is 2.35. The fourth-order valence-electron chi connectivity index (χ4n) is 4.65. The molecule has 2 N–H and O–H groups in total. The summed E-state index contributed by atoms with van der Waals surface area (Å²) in [6.07, 6.45) is 10.1. The van der Waals surface area contributed by atoms with Gasteiger partial charge in [0, 0.05) is 28.4 Å². The number of hydrogen-bond donors (Lipinski definition) is 1. The molecule has 2 aromatic carbocycles. The number of aromatic nitrogens is 1. The quantitative estimate of drug-likeness (QED) is 0.609. The van der Waals surface area contributed by atoms with Crippen LogP contribution in [-0.4, -0.2) is 10.5 Å². The van der Waals surface area contributed by atoms with E-state index in [9.17, 15) is 4.79 Å². The number of nitrogens with zero attached hydrogens (tertiary/aromatic N) is 1. The first-order valence-electron chi connectivity index (χ1n) is 10.4. The van der Waals surface area contributed by atoms with E-state index in [2.05, 4.69) is 35.8 Å². The number of amides is 1. The molecule has 1 aromatic heterocycles. The molecule has 27 heavy (non-hydrogen) atoms. The van der Waals surface area contributed by atoms with E-state index in [1.807, 2.05) is 12.1 Å². The molecule has 3 heteroatoms. The predicted molar refractivity (Wildman–Crippen MR) is 112 cm³/mol. The smallest absolute Gasteiger partial charge is 0.249 e. The number of fused-ring (bicyclic) bond motifs is 3. The zero-order valence-corrected chi connectivity index (χ0v) is 16.3. The van der Waals surface area contributed by atoms with Gasteiger partial charge in [-0.15, -0.1) is 0 Å². The van der Waals surface area contributed by atoms with Crippen LogP contribution in [-0.2, 0) is 13.0 Å². The molecule has 1 fully saturated rings. The Kier molecular flexibility index (Phi) is 5.20. The average Bonchev–Trinajstić information content (AvgIpc) is 3.00. The maximum Gasteiger partial charge on any atom is 0.249 e. The van der Waals surface area contributed by atoms with E-state index in [-0.39, 0.29) is 5.91 Å². The summed E-state index contributed by atoms with van der Waals surface area (Å²) in [6.45, 7) is 3.24.